The highest BCUT2D eigenvalue weighted by Gasteiger charge is 2.26. The van der Waals surface area contributed by atoms with Crippen LogP contribution in [0.1, 0.15) is 46.3 Å². The van der Waals surface area contributed by atoms with Crippen molar-refractivity contribution in [1.29, 1.82) is 0 Å². The molecule has 80 valence electrons. The summed E-state index contributed by atoms with van der Waals surface area (Å²) < 4.78 is 0. The number of H-pyrrole nitrogens is 1. The van der Waals surface area contributed by atoms with Crippen LogP contribution in [0.2, 0.25) is 0 Å². The number of aromatic nitrogens is 2. The Kier molecular flexibility index (Phi) is 2.53. The number of ketones is 1. The second kappa shape index (κ2) is 3.84. The average molecular weight is 207 g/mol. The van der Waals surface area contributed by atoms with Crippen molar-refractivity contribution in [3.63, 3.8) is 0 Å². The van der Waals surface area contributed by atoms with Gasteiger partial charge in [-0.15, -0.1) is 0 Å². The molecule has 0 atom stereocenters. The Labute approximate surface area is 87.3 Å². The highest BCUT2D eigenvalue weighted by atomic mass is 16.2. The molecule has 1 aliphatic carbocycles. The van der Waals surface area contributed by atoms with Crippen LogP contribution < -0.4 is 5.32 Å². The molecule has 1 aromatic rings. The Hall–Kier alpha value is -1.65. The molecule has 2 N–H and O–H groups in total. The molecule has 0 aliphatic heterocycles. The lowest BCUT2D eigenvalue weighted by Crippen LogP contribution is -2.25. The molecule has 0 saturated heterocycles. The van der Waals surface area contributed by atoms with Crippen LogP contribution in [0.25, 0.3) is 0 Å². The fourth-order valence-electron chi connectivity index (χ4n) is 1.82. The largest absolute Gasteiger partial charge is 0.351 e. The summed E-state index contributed by atoms with van der Waals surface area (Å²) in [6.07, 6.45) is 2.15. The van der Waals surface area contributed by atoms with Crippen LogP contribution in [0.5, 0.6) is 0 Å². The number of aryl methyl sites for hydroxylation is 1. The van der Waals surface area contributed by atoms with Crippen molar-refractivity contribution in [3.8, 4) is 0 Å². The van der Waals surface area contributed by atoms with E-state index < -0.39 is 0 Å². The van der Waals surface area contributed by atoms with Crippen molar-refractivity contribution in [2.45, 2.75) is 26.2 Å². The number of nitrogens with zero attached hydrogens (tertiary/aromatic N) is 1. The zero-order valence-corrected chi connectivity index (χ0v) is 8.59. The zero-order valence-electron chi connectivity index (χ0n) is 8.59. The predicted octanol–water partition coefficient (Wildman–Crippen LogP) is 0.678. The summed E-state index contributed by atoms with van der Waals surface area (Å²) in [7, 11) is 0. The van der Waals surface area contributed by atoms with Gasteiger partial charge in [0.25, 0.3) is 5.91 Å². The van der Waals surface area contributed by atoms with E-state index >= 15 is 0 Å². The number of carbonyl (C=O) groups is 2. The first-order valence-electron chi connectivity index (χ1n) is 5.12. The van der Waals surface area contributed by atoms with Gasteiger partial charge in [0.2, 0.25) is 0 Å². The Balaban J connectivity index is 2.37. The predicted molar refractivity (Wildman–Crippen MR) is 53.9 cm³/mol. The van der Waals surface area contributed by atoms with E-state index in [0.29, 0.717) is 18.5 Å². The lowest BCUT2D eigenvalue weighted by Gasteiger charge is -2.09. The van der Waals surface area contributed by atoms with Gasteiger partial charge < -0.3 is 5.32 Å². The molecule has 1 aliphatic rings. The topological polar surface area (TPSA) is 74.8 Å². The molecule has 0 spiro atoms. The zero-order chi connectivity index (χ0) is 10.8. The van der Waals surface area contributed by atoms with Crippen LogP contribution in [-0.2, 0) is 6.42 Å². The van der Waals surface area contributed by atoms with Crippen LogP contribution in [0.15, 0.2) is 0 Å². The molecular weight excluding hydrogens is 194 g/mol. The Bertz CT molecular complexity index is 409. The molecule has 15 heavy (non-hydrogen) atoms. The first-order valence-corrected chi connectivity index (χ1v) is 5.12. The maximum absolute atomic E-state index is 11.6. The molecule has 1 heterocycles. The summed E-state index contributed by atoms with van der Waals surface area (Å²) >= 11 is 0. The summed E-state index contributed by atoms with van der Waals surface area (Å²) in [6, 6.07) is 0. The van der Waals surface area contributed by atoms with E-state index in [1.165, 1.54) is 0 Å². The first kappa shape index (κ1) is 9.89. The van der Waals surface area contributed by atoms with E-state index in [1.54, 1.807) is 0 Å². The number of aromatic amines is 1. The van der Waals surface area contributed by atoms with Crippen molar-refractivity contribution >= 4 is 11.7 Å². The fourth-order valence-corrected chi connectivity index (χ4v) is 1.82. The maximum Gasteiger partial charge on any atom is 0.272 e. The second-order valence-corrected chi connectivity index (χ2v) is 3.56. The fraction of sp³-hybridized carbons (Fsp3) is 0.500. The van der Waals surface area contributed by atoms with E-state index in [4.69, 9.17) is 0 Å². The monoisotopic (exact) mass is 207 g/mol. The van der Waals surface area contributed by atoms with Gasteiger partial charge >= 0.3 is 0 Å². The maximum atomic E-state index is 11.6. The van der Waals surface area contributed by atoms with E-state index in [1.807, 2.05) is 6.92 Å². The third-order valence-corrected chi connectivity index (χ3v) is 2.50. The van der Waals surface area contributed by atoms with Crippen molar-refractivity contribution in [3.05, 3.63) is 17.0 Å². The Morgan fingerprint density at radius 2 is 2.33 bits per heavy atom. The molecule has 0 radical (unpaired) electrons. The van der Waals surface area contributed by atoms with Crippen LogP contribution in [0, 0.1) is 0 Å². The van der Waals surface area contributed by atoms with Gasteiger partial charge in [-0.2, -0.15) is 5.10 Å². The number of nitrogens with one attached hydrogen (secondary N) is 2. The lowest BCUT2D eigenvalue weighted by molar-refractivity contribution is 0.0926. The Morgan fingerprint density at radius 1 is 1.53 bits per heavy atom. The van der Waals surface area contributed by atoms with Gasteiger partial charge in [0.15, 0.2) is 11.5 Å². The number of hydrogen-bond donors (Lipinski definition) is 2. The smallest absolute Gasteiger partial charge is 0.272 e. The van der Waals surface area contributed by atoms with Gasteiger partial charge in [0.05, 0.1) is 5.56 Å². The minimum atomic E-state index is -0.273. The average Bonchev–Trinajstić information content (AvgIpc) is 2.63. The van der Waals surface area contributed by atoms with Crippen LogP contribution in [-0.4, -0.2) is 28.4 Å². The van der Waals surface area contributed by atoms with E-state index in [9.17, 15) is 9.59 Å². The van der Waals surface area contributed by atoms with E-state index in [0.717, 1.165) is 18.5 Å². The number of Topliss-reactive ketones (excluding diaryl/α,β-unsaturated/α-hetero) is 1. The molecule has 2 rings (SSSR count). The summed E-state index contributed by atoms with van der Waals surface area (Å²) in [6.45, 7) is 2.37. The molecule has 5 nitrogen and oxygen atoms in total. The quantitative estimate of drug-likeness (QED) is 0.748. The summed E-state index contributed by atoms with van der Waals surface area (Å²) in [4.78, 5) is 23.2. The van der Waals surface area contributed by atoms with Crippen molar-refractivity contribution in [1.82, 2.24) is 15.5 Å². The molecule has 5 heteroatoms. The number of fused-ring (bicyclic) bond motifs is 1. The van der Waals surface area contributed by atoms with Gasteiger partial charge in [-0.25, -0.2) is 0 Å². The third kappa shape index (κ3) is 1.65. The summed E-state index contributed by atoms with van der Waals surface area (Å²) in [5.41, 5.74) is 1.54. The summed E-state index contributed by atoms with van der Waals surface area (Å²) in [5.74, 6) is -0.253. The number of rotatable bonds is 2. The number of carbonyl (C=O) groups excluding carboxylic acids is 2. The van der Waals surface area contributed by atoms with Gasteiger partial charge in [-0.3, -0.25) is 14.7 Å². The molecule has 0 bridgehead atoms. The second-order valence-electron chi connectivity index (χ2n) is 3.56. The van der Waals surface area contributed by atoms with Crippen LogP contribution in [0.3, 0.4) is 0 Å². The minimum absolute atomic E-state index is 0.0197. The van der Waals surface area contributed by atoms with Crippen LogP contribution >= 0.6 is 0 Å². The van der Waals surface area contributed by atoms with Gasteiger partial charge in [-0.05, 0) is 19.8 Å². The van der Waals surface area contributed by atoms with Gasteiger partial charge in [0, 0.05) is 18.7 Å². The SMILES string of the molecule is CCNC(=O)c1n[nH]c2c1C(=O)CCC2. The third-order valence-electron chi connectivity index (χ3n) is 2.50. The van der Waals surface area contributed by atoms with Gasteiger partial charge in [-0.1, -0.05) is 0 Å². The van der Waals surface area contributed by atoms with Gasteiger partial charge in [0.1, 0.15) is 0 Å². The molecule has 0 aromatic carbocycles. The summed E-state index contributed by atoms with van der Waals surface area (Å²) in [5, 5.41) is 9.32. The van der Waals surface area contributed by atoms with Crippen molar-refractivity contribution < 1.29 is 9.59 Å². The number of hydrogen-bond acceptors (Lipinski definition) is 3. The molecular formula is C10H13N3O2. The normalized spacial score (nSPS) is 14.9. The molecule has 0 unspecified atom stereocenters. The molecule has 1 amide bonds. The number of amides is 1. The standard InChI is InChI=1S/C10H13N3O2/c1-2-11-10(15)9-8-6(12-13-9)4-3-5-7(8)14/h2-5H2,1H3,(H,11,15)(H,12,13). The first-order chi connectivity index (χ1) is 7.24. The highest BCUT2D eigenvalue weighted by Crippen LogP contribution is 2.21. The molecule has 0 saturated carbocycles. The van der Waals surface area contributed by atoms with Crippen molar-refractivity contribution in [2.75, 3.05) is 6.54 Å². The minimum Gasteiger partial charge on any atom is -0.351 e. The van der Waals surface area contributed by atoms with Crippen molar-refractivity contribution in [2.24, 2.45) is 0 Å². The molecule has 0 fully saturated rings. The molecule has 1 aromatic heterocycles. The van der Waals surface area contributed by atoms with Crippen LogP contribution in [0.4, 0.5) is 0 Å². The van der Waals surface area contributed by atoms with E-state index in [2.05, 4.69) is 15.5 Å². The lowest BCUT2D eigenvalue weighted by atomic mass is 9.94. The highest BCUT2D eigenvalue weighted by molar-refractivity contribution is 6.08. The Morgan fingerprint density at radius 3 is 3.07 bits per heavy atom. The van der Waals surface area contributed by atoms with E-state index in [-0.39, 0.29) is 17.4 Å².